The number of phosphoric ester groups is 3. The molecule has 1 aliphatic heterocycles. The van der Waals surface area contributed by atoms with Crippen molar-refractivity contribution in [3.63, 3.8) is 0 Å². The fourth-order valence-electron chi connectivity index (χ4n) is 13.1. The molecule has 4 aliphatic carbocycles. The van der Waals surface area contributed by atoms with Gasteiger partial charge in [-0.15, -0.1) is 0 Å². The minimum atomic E-state index is -5.60. The Hall–Kier alpha value is -2.52. The number of nitrogens with zero attached hydrogens (tertiary/aromatic N) is 4. The quantitative estimate of drug-likeness (QED) is 0.0562. The van der Waals surface area contributed by atoms with Gasteiger partial charge < -0.3 is 61.1 Å². The summed E-state index contributed by atoms with van der Waals surface area (Å²) < 4.78 is 62.7. The molecular weight excluding hydrogens is 1070 g/mol. The molecule has 0 radical (unpaired) electrons. The molecule has 75 heavy (non-hydrogen) atoms. The van der Waals surface area contributed by atoms with Crippen molar-refractivity contribution < 1.29 is 90.7 Å². The Labute approximate surface area is 438 Å². The second-order valence-electron chi connectivity index (χ2n) is 22.3. The van der Waals surface area contributed by atoms with Crippen LogP contribution in [-0.2, 0) is 50.7 Å². The maximum Gasteiger partial charge on any atom is 0.481 e. The number of imidazole rings is 1. The van der Waals surface area contributed by atoms with E-state index in [9.17, 15) is 68.1 Å². The largest absolute Gasteiger partial charge is 0.481 e. The van der Waals surface area contributed by atoms with E-state index < -0.39 is 84.6 Å². The van der Waals surface area contributed by atoms with Gasteiger partial charge in [0.15, 0.2) is 22.8 Å². The second kappa shape index (κ2) is 23.7. The van der Waals surface area contributed by atoms with Gasteiger partial charge in [-0.1, -0.05) is 46.4 Å². The first-order valence-corrected chi connectivity index (χ1v) is 30.9. The average Bonchev–Trinajstić information content (AvgIpc) is 4.01. The average molecular weight is 1140 g/mol. The molecule has 12 N–H and O–H groups in total. The number of hydrogen-bond acceptors (Lipinski definition) is 20. The van der Waals surface area contributed by atoms with Crippen LogP contribution in [0.2, 0.25) is 0 Å². The van der Waals surface area contributed by atoms with Gasteiger partial charge in [-0.25, -0.2) is 28.6 Å². The number of aliphatic hydroxyl groups is 4. The fraction of sp³-hybridized carbons (Fsp3) is 0.822. The van der Waals surface area contributed by atoms with Crippen LogP contribution in [-0.4, -0.2) is 145 Å². The Morgan fingerprint density at radius 3 is 2.35 bits per heavy atom. The first-order chi connectivity index (χ1) is 34.9. The fourth-order valence-corrected chi connectivity index (χ4v) is 16.6. The number of rotatable bonds is 23. The van der Waals surface area contributed by atoms with E-state index in [0.29, 0.717) is 41.8 Å². The van der Waals surface area contributed by atoms with E-state index in [4.69, 9.17) is 19.5 Å². The molecule has 2 aromatic heterocycles. The molecule has 5 aliphatic rings. The van der Waals surface area contributed by atoms with Crippen molar-refractivity contribution in [2.75, 3.05) is 37.8 Å². The summed E-state index contributed by atoms with van der Waals surface area (Å²) in [6.45, 7) is 7.58. The van der Waals surface area contributed by atoms with Crippen LogP contribution >= 0.6 is 35.2 Å². The van der Waals surface area contributed by atoms with Gasteiger partial charge in [0.1, 0.15) is 36.3 Å². The molecule has 3 heterocycles. The van der Waals surface area contributed by atoms with Crippen molar-refractivity contribution in [1.29, 1.82) is 0 Å². The Morgan fingerprint density at radius 2 is 1.63 bits per heavy atom. The smallest absolute Gasteiger partial charge is 0.393 e. The number of amides is 2. The summed E-state index contributed by atoms with van der Waals surface area (Å²) in [5.41, 5.74) is 4.55. The summed E-state index contributed by atoms with van der Waals surface area (Å²) in [6, 6.07) is 0. The molecule has 2 aromatic rings. The molecule has 0 spiro atoms. The third-order valence-electron chi connectivity index (χ3n) is 17.0. The third kappa shape index (κ3) is 13.9. The van der Waals surface area contributed by atoms with Crippen LogP contribution in [0.3, 0.4) is 0 Å². The van der Waals surface area contributed by atoms with Crippen molar-refractivity contribution in [2.45, 2.75) is 148 Å². The number of aromatic nitrogens is 4. The minimum absolute atomic E-state index is 0.0288. The summed E-state index contributed by atoms with van der Waals surface area (Å²) >= 11 is 1.15. The van der Waals surface area contributed by atoms with Gasteiger partial charge in [-0.05, 0) is 104 Å². The van der Waals surface area contributed by atoms with Gasteiger partial charge in [0, 0.05) is 37.1 Å². The molecular formula is C45H74N7O19P3S. The topological polar surface area (TPSA) is 404 Å². The zero-order valence-corrected chi connectivity index (χ0v) is 46.2. The van der Waals surface area contributed by atoms with E-state index >= 15 is 0 Å². The van der Waals surface area contributed by atoms with Crippen molar-refractivity contribution >= 4 is 69.1 Å². The molecule has 2 amide bonds. The Kier molecular flexibility index (Phi) is 19.0. The lowest BCUT2D eigenvalue weighted by Crippen LogP contribution is -2.58. The maximum atomic E-state index is 13.0. The molecule has 7 unspecified atom stereocenters. The van der Waals surface area contributed by atoms with Crippen molar-refractivity contribution in [3.8, 4) is 0 Å². The van der Waals surface area contributed by atoms with Crippen LogP contribution in [0.1, 0.15) is 111 Å². The van der Waals surface area contributed by atoms with E-state index in [0.717, 1.165) is 86.8 Å². The lowest BCUT2D eigenvalue weighted by atomic mass is 9.43. The first kappa shape index (κ1) is 60.1. The monoisotopic (exact) mass is 1140 g/mol. The van der Waals surface area contributed by atoms with Gasteiger partial charge in [0.2, 0.25) is 11.8 Å². The number of aliphatic hydroxyl groups excluding tert-OH is 4. The van der Waals surface area contributed by atoms with Gasteiger partial charge in [-0.2, -0.15) is 4.31 Å². The summed E-state index contributed by atoms with van der Waals surface area (Å²) in [5.74, 6) is 1.28. The number of nitrogen functional groups attached to an aromatic ring is 1. The molecule has 26 nitrogen and oxygen atoms in total. The van der Waals surface area contributed by atoms with E-state index in [1.165, 1.54) is 13.8 Å². The number of phosphoric acid groups is 3. The number of nitrogens with two attached hydrogens (primary N) is 1. The predicted molar refractivity (Wildman–Crippen MR) is 268 cm³/mol. The van der Waals surface area contributed by atoms with Gasteiger partial charge in [0.05, 0.1) is 31.7 Å². The number of thioether (sulfide) groups is 1. The zero-order valence-electron chi connectivity index (χ0n) is 42.7. The summed E-state index contributed by atoms with van der Waals surface area (Å²) in [6.07, 6.45) is 1.45. The molecule has 0 bridgehead atoms. The van der Waals surface area contributed by atoms with Gasteiger partial charge in [-0.3, -0.25) is 32.5 Å². The number of hydrogen-bond donors (Lipinski definition) is 11. The summed E-state index contributed by atoms with van der Waals surface area (Å²) in [5, 5.41) is 48.8. The van der Waals surface area contributed by atoms with Gasteiger partial charge >= 0.3 is 23.5 Å². The van der Waals surface area contributed by atoms with Gasteiger partial charge in [0.25, 0.3) is 0 Å². The molecule has 0 aromatic carbocycles. The van der Waals surface area contributed by atoms with Crippen LogP contribution in [0.15, 0.2) is 12.7 Å². The number of carbonyl (C=O) groups is 3. The predicted octanol–water partition coefficient (Wildman–Crippen LogP) is 3.07. The normalized spacial score (nSPS) is 34.3. The lowest BCUT2D eigenvalue weighted by molar-refractivity contribution is -0.174. The lowest BCUT2D eigenvalue weighted by Gasteiger charge is -2.62. The van der Waals surface area contributed by atoms with Crippen molar-refractivity contribution in [3.05, 3.63) is 12.7 Å². The Balaban J connectivity index is 0.778. The summed E-state index contributed by atoms with van der Waals surface area (Å²) in [4.78, 5) is 89.7. The van der Waals surface area contributed by atoms with Crippen LogP contribution in [0.25, 0.3) is 11.2 Å². The second-order valence-corrected chi connectivity index (χ2v) is 27.6. The Bertz CT molecular complexity index is 2530. The molecule has 17 atom stereocenters. The molecule has 30 heteroatoms. The maximum absolute atomic E-state index is 13.0. The highest BCUT2D eigenvalue weighted by Crippen LogP contribution is 2.68. The minimum Gasteiger partial charge on any atom is -0.393 e. The molecule has 7 rings (SSSR count). The molecule has 5 fully saturated rings. The Morgan fingerprint density at radius 1 is 0.933 bits per heavy atom. The summed E-state index contributed by atoms with van der Waals surface area (Å²) in [7, 11) is -16.5. The highest BCUT2D eigenvalue weighted by atomic mass is 32.2. The third-order valence-corrected chi connectivity index (χ3v) is 21.0. The highest BCUT2D eigenvalue weighted by Gasteiger charge is 2.63. The standard InChI is InChI=1S/C45H74N7O19P3S/c1-24(27-7-8-28-34-29(11-14-45(27,28)5)44(4)13-10-26(53)18-25(44)19-30(34)54)6-9-33(56)75-17-16-47-32(55)12-15-48-41(59)38(58)43(2,3)21-68-74(65,66)71-73(63,64)67-20-31-37(70-72(60,61)62)36(57)42(69-31)52-23-51-35-39(46)49-22-50-40(35)52/h22-31,34,36-38,42,53-54,57-58H,6-21H2,1-5H3,(H,47,55)(H,48,59)(H,63,64)(H,65,66)(H2,46,49,50)(H2,60,61,62)/t24-,25+,26-,27?,28?,29?,30+,31-,34?,36-,37-,38?,42-,44+,45-/m1/s1. The SMILES string of the molecule is C[C@H](CCC(=O)SCCNC(=O)CCNC(=O)C(O)C(C)(C)COP(=O)(O)OP(=O)(O)OC[C@H]1O[C@@H](n2cnc3c(N)ncnc32)[C@H](O)[C@@H]1OP(=O)(O)O)C1CCC2C3C(CC[C@@]21C)[C@@]1(C)CC[C@@H](O)C[C@H]1C[C@@H]3O. The van der Waals surface area contributed by atoms with Crippen LogP contribution in [0.5, 0.6) is 0 Å². The van der Waals surface area contributed by atoms with E-state index in [1.807, 2.05) is 0 Å². The number of nitrogens with one attached hydrogen (secondary N) is 2. The molecule has 1 saturated heterocycles. The zero-order chi connectivity index (χ0) is 55.1. The molecule has 424 valence electrons. The number of ether oxygens (including phenoxy) is 1. The molecule has 4 saturated carbocycles. The number of anilines is 1. The highest BCUT2D eigenvalue weighted by molar-refractivity contribution is 8.13. The van der Waals surface area contributed by atoms with Crippen LogP contribution in [0.4, 0.5) is 5.82 Å². The number of fused-ring (bicyclic) bond motifs is 6. The first-order valence-electron chi connectivity index (χ1n) is 25.4. The van der Waals surface area contributed by atoms with E-state index in [1.54, 1.807) is 0 Å². The number of carbonyl (C=O) groups excluding carboxylic acids is 3. The van der Waals surface area contributed by atoms with Crippen LogP contribution < -0.4 is 16.4 Å². The van der Waals surface area contributed by atoms with Crippen LogP contribution in [0, 0.1) is 51.8 Å². The van der Waals surface area contributed by atoms with Crippen molar-refractivity contribution in [1.82, 2.24) is 30.2 Å². The van der Waals surface area contributed by atoms with E-state index in [-0.39, 0.29) is 70.6 Å². The van der Waals surface area contributed by atoms with Crippen molar-refractivity contribution in [2.24, 2.45) is 51.8 Å². The van der Waals surface area contributed by atoms with E-state index in [2.05, 4.69) is 55.2 Å².